The van der Waals surface area contributed by atoms with Gasteiger partial charge in [-0.2, -0.15) is 0 Å². The highest BCUT2D eigenvalue weighted by Crippen LogP contribution is 2.27. The predicted octanol–water partition coefficient (Wildman–Crippen LogP) is 2.88. The third kappa shape index (κ3) is 3.24. The van der Waals surface area contributed by atoms with E-state index < -0.39 is 5.41 Å². The molecule has 2 nitrogen and oxygen atoms in total. The van der Waals surface area contributed by atoms with Gasteiger partial charge in [-0.05, 0) is 29.7 Å². The number of benzene rings is 2. The summed E-state index contributed by atoms with van der Waals surface area (Å²) in [6.07, 6.45) is 0.733. The SMILES string of the molecule is NCC(CO)(Cc1ccc(Br)cc1)c1ccccc1. The fraction of sp³-hybridized carbons (Fsp3) is 0.250. The minimum Gasteiger partial charge on any atom is -0.395 e. The number of halogens is 1. The van der Waals surface area contributed by atoms with E-state index in [1.165, 1.54) is 5.56 Å². The fourth-order valence-corrected chi connectivity index (χ4v) is 2.55. The first kappa shape index (κ1) is 14.3. The van der Waals surface area contributed by atoms with Gasteiger partial charge < -0.3 is 10.8 Å². The zero-order valence-corrected chi connectivity index (χ0v) is 12.3. The van der Waals surface area contributed by atoms with Crippen LogP contribution in [0.2, 0.25) is 0 Å². The summed E-state index contributed by atoms with van der Waals surface area (Å²) in [5.74, 6) is 0. The third-order valence-electron chi connectivity index (χ3n) is 3.54. The number of hydrogen-bond donors (Lipinski definition) is 2. The van der Waals surface area contributed by atoms with Crippen molar-refractivity contribution in [1.82, 2.24) is 0 Å². The molecule has 1 atom stereocenters. The van der Waals surface area contributed by atoms with Crippen LogP contribution in [-0.4, -0.2) is 18.3 Å². The van der Waals surface area contributed by atoms with Crippen LogP contribution < -0.4 is 5.73 Å². The Bertz CT molecular complexity index is 506. The Morgan fingerprint density at radius 3 is 2.16 bits per heavy atom. The van der Waals surface area contributed by atoms with Crippen LogP contribution in [0.4, 0.5) is 0 Å². The summed E-state index contributed by atoms with van der Waals surface area (Å²) in [5, 5.41) is 9.86. The average molecular weight is 320 g/mol. The van der Waals surface area contributed by atoms with E-state index in [2.05, 4.69) is 28.1 Å². The lowest BCUT2D eigenvalue weighted by Crippen LogP contribution is -2.41. The Kier molecular flexibility index (Phi) is 4.75. The zero-order valence-electron chi connectivity index (χ0n) is 10.7. The van der Waals surface area contributed by atoms with Crippen LogP contribution in [0.5, 0.6) is 0 Å². The molecular weight excluding hydrogens is 302 g/mol. The van der Waals surface area contributed by atoms with E-state index in [-0.39, 0.29) is 6.61 Å². The van der Waals surface area contributed by atoms with Crippen molar-refractivity contribution in [2.45, 2.75) is 11.8 Å². The summed E-state index contributed by atoms with van der Waals surface area (Å²) in [6.45, 7) is 0.465. The van der Waals surface area contributed by atoms with E-state index >= 15 is 0 Å². The van der Waals surface area contributed by atoms with Crippen LogP contribution in [-0.2, 0) is 11.8 Å². The van der Waals surface area contributed by atoms with Crippen LogP contribution in [0.3, 0.4) is 0 Å². The van der Waals surface area contributed by atoms with E-state index in [1.54, 1.807) is 0 Å². The molecule has 0 aliphatic rings. The van der Waals surface area contributed by atoms with Gasteiger partial charge >= 0.3 is 0 Å². The summed E-state index contributed by atoms with van der Waals surface area (Å²) >= 11 is 3.43. The maximum absolute atomic E-state index is 9.86. The van der Waals surface area contributed by atoms with Gasteiger partial charge in [-0.25, -0.2) is 0 Å². The number of aliphatic hydroxyl groups is 1. The molecule has 3 heteroatoms. The predicted molar refractivity (Wildman–Crippen MR) is 82.1 cm³/mol. The van der Waals surface area contributed by atoms with E-state index in [0.717, 1.165) is 16.5 Å². The van der Waals surface area contributed by atoms with E-state index in [4.69, 9.17) is 5.73 Å². The molecular formula is C16H18BrNO. The zero-order chi connectivity index (χ0) is 13.7. The highest BCUT2D eigenvalue weighted by atomic mass is 79.9. The van der Waals surface area contributed by atoms with Crippen LogP contribution in [0.15, 0.2) is 59.1 Å². The summed E-state index contributed by atoms with van der Waals surface area (Å²) in [4.78, 5) is 0. The minimum atomic E-state index is -0.408. The molecule has 0 radical (unpaired) electrons. The highest BCUT2D eigenvalue weighted by molar-refractivity contribution is 9.10. The van der Waals surface area contributed by atoms with Crippen molar-refractivity contribution >= 4 is 15.9 Å². The molecule has 0 aliphatic carbocycles. The van der Waals surface area contributed by atoms with Gasteiger partial charge in [0, 0.05) is 16.4 Å². The number of nitrogens with two attached hydrogens (primary N) is 1. The molecule has 100 valence electrons. The number of aliphatic hydroxyl groups excluding tert-OH is 1. The van der Waals surface area contributed by atoms with Crippen molar-refractivity contribution in [2.24, 2.45) is 5.73 Å². The van der Waals surface area contributed by atoms with Crippen LogP contribution in [0, 0.1) is 0 Å². The Morgan fingerprint density at radius 1 is 1.00 bits per heavy atom. The van der Waals surface area contributed by atoms with Gasteiger partial charge in [0.2, 0.25) is 0 Å². The largest absolute Gasteiger partial charge is 0.395 e. The number of hydrogen-bond acceptors (Lipinski definition) is 2. The summed E-state index contributed by atoms with van der Waals surface area (Å²) < 4.78 is 1.05. The van der Waals surface area contributed by atoms with Crippen molar-refractivity contribution in [3.8, 4) is 0 Å². The Labute approximate surface area is 122 Å². The van der Waals surface area contributed by atoms with Gasteiger partial charge in [0.05, 0.1) is 6.61 Å². The van der Waals surface area contributed by atoms with Gasteiger partial charge in [-0.1, -0.05) is 58.4 Å². The second-order valence-electron chi connectivity index (χ2n) is 4.81. The molecule has 0 aliphatic heterocycles. The van der Waals surface area contributed by atoms with Crippen molar-refractivity contribution < 1.29 is 5.11 Å². The molecule has 0 spiro atoms. The molecule has 0 aromatic heterocycles. The maximum Gasteiger partial charge on any atom is 0.0543 e. The monoisotopic (exact) mass is 319 g/mol. The fourth-order valence-electron chi connectivity index (χ4n) is 2.29. The van der Waals surface area contributed by atoms with Crippen LogP contribution in [0.1, 0.15) is 11.1 Å². The molecule has 0 amide bonds. The Balaban J connectivity index is 2.32. The van der Waals surface area contributed by atoms with Gasteiger partial charge in [0.1, 0.15) is 0 Å². The number of rotatable bonds is 5. The molecule has 3 N–H and O–H groups in total. The second-order valence-corrected chi connectivity index (χ2v) is 5.73. The Hall–Kier alpha value is -1.16. The van der Waals surface area contributed by atoms with Gasteiger partial charge in [-0.15, -0.1) is 0 Å². The maximum atomic E-state index is 9.86. The molecule has 0 saturated carbocycles. The highest BCUT2D eigenvalue weighted by Gasteiger charge is 2.30. The molecule has 19 heavy (non-hydrogen) atoms. The lowest BCUT2D eigenvalue weighted by Gasteiger charge is -2.31. The summed E-state index contributed by atoms with van der Waals surface area (Å²) in [6, 6.07) is 18.2. The van der Waals surface area contributed by atoms with Crippen molar-refractivity contribution in [2.75, 3.05) is 13.2 Å². The average Bonchev–Trinajstić information content (AvgIpc) is 2.48. The molecule has 2 rings (SSSR count). The van der Waals surface area contributed by atoms with Crippen molar-refractivity contribution in [3.05, 3.63) is 70.2 Å². The smallest absolute Gasteiger partial charge is 0.0543 e. The van der Waals surface area contributed by atoms with Crippen molar-refractivity contribution in [1.29, 1.82) is 0 Å². The molecule has 2 aromatic rings. The quantitative estimate of drug-likeness (QED) is 0.890. The molecule has 0 saturated heterocycles. The first-order valence-corrected chi connectivity index (χ1v) is 7.10. The first-order chi connectivity index (χ1) is 9.20. The molecule has 0 bridgehead atoms. The van der Waals surface area contributed by atoms with Crippen LogP contribution in [0.25, 0.3) is 0 Å². The molecule has 0 heterocycles. The van der Waals surface area contributed by atoms with Gasteiger partial charge in [-0.3, -0.25) is 0 Å². The van der Waals surface area contributed by atoms with Gasteiger partial charge in [0.15, 0.2) is 0 Å². The topological polar surface area (TPSA) is 46.2 Å². The third-order valence-corrected chi connectivity index (χ3v) is 4.06. The first-order valence-electron chi connectivity index (χ1n) is 6.31. The second kappa shape index (κ2) is 6.33. The van der Waals surface area contributed by atoms with Crippen LogP contribution >= 0.6 is 15.9 Å². The normalized spacial score (nSPS) is 14.1. The van der Waals surface area contributed by atoms with Gasteiger partial charge in [0.25, 0.3) is 0 Å². The molecule has 1 unspecified atom stereocenters. The molecule has 2 aromatic carbocycles. The summed E-state index contributed by atoms with van der Waals surface area (Å²) in [7, 11) is 0. The van der Waals surface area contributed by atoms with Crippen molar-refractivity contribution in [3.63, 3.8) is 0 Å². The minimum absolute atomic E-state index is 0.0452. The standard InChI is InChI=1S/C16H18BrNO/c17-15-8-6-13(7-9-15)10-16(11-18,12-19)14-4-2-1-3-5-14/h1-9,19H,10-12,18H2. The van der Waals surface area contributed by atoms with E-state index in [9.17, 15) is 5.11 Å². The lowest BCUT2D eigenvalue weighted by molar-refractivity contribution is 0.196. The lowest BCUT2D eigenvalue weighted by atomic mass is 9.76. The Morgan fingerprint density at radius 2 is 1.63 bits per heavy atom. The molecule has 0 fully saturated rings. The van der Waals surface area contributed by atoms with E-state index in [0.29, 0.717) is 6.54 Å². The van der Waals surface area contributed by atoms with E-state index in [1.807, 2.05) is 42.5 Å². The summed E-state index contributed by atoms with van der Waals surface area (Å²) in [5.41, 5.74) is 7.81.